The molecule has 1 N–H and O–H groups in total. The van der Waals surface area contributed by atoms with Gasteiger partial charge >= 0.3 is 0 Å². The molecule has 6 nitrogen and oxygen atoms in total. The Balaban J connectivity index is 2.66. The van der Waals surface area contributed by atoms with E-state index >= 15 is 0 Å². The van der Waals surface area contributed by atoms with Crippen LogP contribution in [0.4, 0.5) is 0 Å². The van der Waals surface area contributed by atoms with Gasteiger partial charge in [-0.15, -0.1) is 5.92 Å². The molecule has 0 aromatic carbocycles. The highest BCUT2D eigenvalue weighted by atomic mass is 35.5. The molecule has 0 saturated carbocycles. The number of aromatic nitrogens is 1. The lowest BCUT2D eigenvalue weighted by molar-refractivity contribution is -0.132. The van der Waals surface area contributed by atoms with E-state index in [1.165, 1.54) is 19.5 Å². The van der Waals surface area contributed by atoms with Crippen molar-refractivity contribution in [2.24, 2.45) is 0 Å². The molecule has 7 heteroatoms. The smallest absolute Gasteiger partial charge is 0.227 e. The highest BCUT2D eigenvalue weighted by Gasteiger charge is 2.26. The second kappa shape index (κ2) is 9.36. The predicted molar refractivity (Wildman–Crippen MR) is 87.2 cm³/mol. The number of hydrogen-bond donors (Lipinski definition) is 1. The van der Waals surface area contributed by atoms with E-state index in [0.29, 0.717) is 10.8 Å². The SMILES string of the molecule is CC#CC(C)(COC)NC(=O)CC(OC)Oc1cncc(Cl)c1. The predicted octanol–water partition coefficient (Wildman–Crippen LogP) is 2.02. The maximum atomic E-state index is 12.2. The van der Waals surface area contributed by atoms with Gasteiger partial charge in [0, 0.05) is 26.5 Å². The second-order valence-electron chi connectivity index (χ2n) is 5.01. The first kappa shape index (κ1) is 19.2. The van der Waals surface area contributed by atoms with E-state index in [4.69, 9.17) is 25.8 Å². The maximum absolute atomic E-state index is 12.2. The van der Waals surface area contributed by atoms with Crippen molar-refractivity contribution in [3.05, 3.63) is 23.5 Å². The van der Waals surface area contributed by atoms with Crippen LogP contribution >= 0.6 is 11.6 Å². The third kappa shape index (κ3) is 6.87. The van der Waals surface area contributed by atoms with Crippen LogP contribution in [0.5, 0.6) is 5.75 Å². The number of pyridine rings is 1. The van der Waals surface area contributed by atoms with Gasteiger partial charge in [0.2, 0.25) is 12.2 Å². The van der Waals surface area contributed by atoms with Crippen LogP contribution in [0, 0.1) is 11.8 Å². The number of rotatable bonds is 8. The fourth-order valence-corrected chi connectivity index (χ4v) is 2.12. The summed E-state index contributed by atoms with van der Waals surface area (Å²) in [6.07, 6.45) is 2.21. The fourth-order valence-electron chi connectivity index (χ4n) is 1.96. The lowest BCUT2D eigenvalue weighted by atomic mass is 10.0. The van der Waals surface area contributed by atoms with Crippen molar-refractivity contribution < 1.29 is 19.0 Å². The summed E-state index contributed by atoms with van der Waals surface area (Å²) < 4.78 is 15.8. The quantitative estimate of drug-likeness (QED) is 0.579. The molecule has 0 saturated heterocycles. The molecule has 1 aromatic rings. The first-order valence-corrected chi connectivity index (χ1v) is 7.34. The summed E-state index contributed by atoms with van der Waals surface area (Å²) in [5.74, 6) is 5.86. The Bertz CT molecular complexity index is 585. The van der Waals surface area contributed by atoms with Crippen molar-refractivity contribution in [3.8, 4) is 17.6 Å². The highest BCUT2D eigenvalue weighted by molar-refractivity contribution is 6.30. The molecule has 2 atom stereocenters. The van der Waals surface area contributed by atoms with E-state index < -0.39 is 11.8 Å². The number of hydrogen-bond acceptors (Lipinski definition) is 5. The number of carbonyl (C=O) groups excluding carboxylic acids is 1. The molecular weight excluding hydrogens is 320 g/mol. The third-order valence-electron chi connectivity index (χ3n) is 2.81. The van der Waals surface area contributed by atoms with E-state index in [-0.39, 0.29) is 18.9 Å². The summed E-state index contributed by atoms with van der Waals surface area (Å²) in [5.41, 5.74) is -0.767. The number of halogens is 1. The van der Waals surface area contributed by atoms with Crippen LogP contribution in [0.1, 0.15) is 20.3 Å². The molecule has 2 unspecified atom stereocenters. The third-order valence-corrected chi connectivity index (χ3v) is 3.02. The molecule has 1 aromatic heterocycles. The van der Waals surface area contributed by atoms with Gasteiger partial charge < -0.3 is 19.5 Å². The van der Waals surface area contributed by atoms with Gasteiger partial charge in [-0.1, -0.05) is 17.5 Å². The molecule has 23 heavy (non-hydrogen) atoms. The Kier molecular flexibility index (Phi) is 7.83. The molecule has 0 aliphatic carbocycles. The molecule has 1 heterocycles. The van der Waals surface area contributed by atoms with Crippen LogP contribution in [-0.4, -0.2) is 43.5 Å². The average Bonchev–Trinajstić information content (AvgIpc) is 2.46. The molecule has 0 aliphatic rings. The standard InChI is InChI=1S/C16H21ClN2O4/c1-5-6-16(2,11-21-3)19-14(20)8-15(22-4)23-13-7-12(17)9-18-10-13/h7,9-10,15H,8,11H2,1-4H3,(H,19,20). The topological polar surface area (TPSA) is 69.7 Å². The highest BCUT2D eigenvalue weighted by Crippen LogP contribution is 2.17. The van der Waals surface area contributed by atoms with Crippen LogP contribution < -0.4 is 10.1 Å². The first-order valence-electron chi connectivity index (χ1n) is 6.96. The summed E-state index contributed by atoms with van der Waals surface area (Å²) in [6.45, 7) is 3.76. The maximum Gasteiger partial charge on any atom is 0.227 e. The van der Waals surface area contributed by atoms with Gasteiger partial charge in [0.05, 0.1) is 24.2 Å². The number of carbonyl (C=O) groups is 1. The minimum Gasteiger partial charge on any atom is -0.463 e. The zero-order valence-corrected chi connectivity index (χ0v) is 14.4. The van der Waals surface area contributed by atoms with Crippen molar-refractivity contribution in [1.82, 2.24) is 10.3 Å². The van der Waals surface area contributed by atoms with E-state index in [2.05, 4.69) is 22.1 Å². The van der Waals surface area contributed by atoms with Crippen molar-refractivity contribution >= 4 is 17.5 Å². The fraction of sp³-hybridized carbons (Fsp3) is 0.500. The summed E-state index contributed by atoms with van der Waals surface area (Å²) in [4.78, 5) is 16.1. The Morgan fingerprint density at radius 3 is 2.78 bits per heavy atom. The number of ether oxygens (including phenoxy) is 3. The van der Waals surface area contributed by atoms with Crippen molar-refractivity contribution in [1.29, 1.82) is 0 Å². The molecular formula is C16H21ClN2O4. The Labute approximate surface area is 141 Å². The van der Waals surface area contributed by atoms with E-state index in [1.807, 2.05) is 0 Å². The zero-order chi connectivity index (χ0) is 17.3. The Morgan fingerprint density at radius 2 is 2.22 bits per heavy atom. The lowest BCUT2D eigenvalue weighted by Gasteiger charge is -2.25. The first-order chi connectivity index (χ1) is 10.9. The average molecular weight is 341 g/mol. The van der Waals surface area contributed by atoms with Crippen molar-refractivity contribution in [2.45, 2.75) is 32.1 Å². The largest absolute Gasteiger partial charge is 0.463 e. The lowest BCUT2D eigenvalue weighted by Crippen LogP contribution is -2.49. The summed E-state index contributed by atoms with van der Waals surface area (Å²) in [7, 11) is 3.01. The van der Waals surface area contributed by atoms with Crippen LogP contribution in [0.25, 0.3) is 0 Å². The Hall–Kier alpha value is -1.81. The van der Waals surface area contributed by atoms with Crippen LogP contribution in [0.2, 0.25) is 5.02 Å². The minimum absolute atomic E-state index is 0.00624. The van der Waals surface area contributed by atoms with Gasteiger partial charge in [-0.3, -0.25) is 9.78 Å². The van der Waals surface area contributed by atoms with Gasteiger partial charge in [0.1, 0.15) is 11.3 Å². The number of methoxy groups -OCH3 is 2. The Morgan fingerprint density at radius 1 is 1.48 bits per heavy atom. The van der Waals surface area contributed by atoms with Crippen LogP contribution in [0.15, 0.2) is 18.5 Å². The van der Waals surface area contributed by atoms with Crippen molar-refractivity contribution in [2.75, 3.05) is 20.8 Å². The van der Waals surface area contributed by atoms with Crippen molar-refractivity contribution in [3.63, 3.8) is 0 Å². The molecule has 0 spiro atoms. The molecule has 0 bridgehead atoms. The number of nitrogens with one attached hydrogen (secondary N) is 1. The molecule has 1 amide bonds. The zero-order valence-electron chi connectivity index (χ0n) is 13.7. The molecule has 126 valence electrons. The molecule has 0 radical (unpaired) electrons. The van der Waals surface area contributed by atoms with Gasteiger partial charge in [0.25, 0.3) is 0 Å². The molecule has 0 fully saturated rings. The number of amides is 1. The monoisotopic (exact) mass is 340 g/mol. The van der Waals surface area contributed by atoms with Gasteiger partial charge in [-0.05, 0) is 13.8 Å². The molecule has 1 rings (SSSR count). The normalized spacial score (nSPS) is 14.1. The van der Waals surface area contributed by atoms with Crippen LogP contribution in [-0.2, 0) is 14.3 Å². The van der Waals surface area contributed by atoms with Gasteiger partial charge in [0.15, 0.2) is 0 Å². The summed E-state index contributed by atoms with van der Waals surface area (Å²) in [5, 5.41) is 3.26. The van der Waals surface area contributed by atoms with Gasteiger partial charge in [-0.25, -0.2) is 0 Å². The number of nitrogens with zero attached hydrogens (tertiary/aromatic N) is 1. The van der Waals surface area contributed by atoms with E-state index in [0.717, 1.165) is 0 Å². The van der Waals surface area contributed by atoms with E-state index in [9.17, 15) is 4.79 Å². The summed E-state index contributed by atoms with van der Waals surface area (Å²) >= 11 is 5.84. The van der Waals surface area contributed by atoms with Gasteiger partial charge in [-0.2, -0.15) is 0 Å². The summed E-state index contributed by atoms with van der Waals surface area (Å²) in [6, 6.07) is 1.59. The van der Waals surface area contributed by atoms with Crippen LogP contribution in [0.3, 0.4) is 0 Å². The molecule has 0 aliphatic heterocycles. The minimum atomic E-state index is -0.767. The second-order valence-corrected chi connectivity index (χ2v) is 5.45. The van der Waals surface area contributed by atoms with E-state index in [1.54, 1.807) is 27.0 Å².